The van der Waals surface area contributed by atoms with Crippen LogP contribution in [-0.4, -0.2) is 72.1 Å². The molecule has 0 heterocycles. The minimum Gasteiger partial charge on any atom is -0.465 e. The third-order valence-electron chi connectivity index (χ3n) is 1.15. The van der Waals surface area contributed by atoms with Crippen LogP contribution < -0.4 is 10.6 Å². The Morgan fingerprint density at radius 2 is 1.24 bits per heavy atom. The summed E-state index contributed by atoms with van der Waals surface area (Å²) in [6.45, 7) is 0.603. The summed E-state index contributed by atoms with van der Waals surface area (Å²) in [6, 6.07) is 0. The van der Waals surface area contributed by atoms with Gasteiger partial charge in [0.1, 0.15) is 0 Å². The zero-order chi connectivity index (χ0) is 13.5. The van der Waals surface area contributed by atoms with Gasteiger partial charge in [0, 0.05) is 13.1 Å². The molecule has 102 valence electrons. The van der Waals surface area contributed by atoms with E-state index in [9.17, 15) is 9.59 Å². The molecule has 0 saturated carbocycles. The highest BCUT2D eigenvalue weighted by Gasteiger charge is 1.94. The van der Waals surface area contributed by atoms with Crippen LogP contribution in [0.4, 0.5) is 9.59 Å². The van der Waals surface area contributed by atoms with Gasteiger partial charge in [-0.05, 0) is 0 Å². The van der Waals surface area contributed by atoms with Gasteiger partial charge >= 0.3 is 12.2 Å². The van der Waals surface area contributed by atoms with E-state index in [0.29, 0.717) is 0 Å². The van der Waals surface area contributed by atoms with E-state index in [1.54, 1.807) is 0 Å². The summed E-state index contributed by atoms with van der Waals surface area (Å²) in [5.41, 5.74) is 0. The van der Waals surface area contributed by atoms with E-state index in [1.165, 1.54) is 0 Å². The van der Waals surface area contributed by atoms with Crippen LogP contribution in [-0.2, 0) is 4.74 Å². The SMILES string of the molecule is O=C(O)NCCOCCNC(=O)O.OCCO. The third-order valence-corrected chi connectivity index (χ3v) is 1.15. The molecule has 0 aliphatic heterocycles. The molecule has 0 bridgehead atoms. The first kappa shape index (κ1) is 17.8. The first-order valence-electron chi connectivity index (χ1n) is 4.77. The first-order chi connectivity index (χ1) is 8.04. The van der Waals surface area contributed by atoms with Gasteiger partial charge in [-0.3, -0.25) is 0 Å². The molecule has 0 rings (SSSR count). The van der Waals surface area contributed by atoms with Crippen molar-refractivity contribution in [1.29, 1.82) is 0 Å². The zero-order valence-corrected chi connectivity index (χ0v) is 9.26. The molecule has 0 saturated heterocycles. The second-order valence-electron chi connectivity index (χ2n) is 2.52. The molecule has 0 aliphatic rings. The van der Waals surface area contributed by atoms with Gasteiger partial charge < -0.3 is 35.8 Å². The van der Waals surface area contributed by atoms with Crippen molar-refractivity contribution in [2.45, 2.75) is 0 Å². The Balaban J connectivity index is 0. The van der Waals surface area contributed by atoms with E-state index < -0.39 is 12.2 Å². The van der Waals surface area contributed by atoms with Crippen molar-refractivity contribution >= 4 is 12.2 Å². The van der Waals surface area contributed by atoms with Crippen LogP contribution in [0.1, 0.15) is 0 Å². The van der Waals surface area contributed by atoms with Crippen molar-refractivity contribution in [3.05, 3.63) is 0 Å². The average molecular weight is 254 g/mol. The fourth-order valence-electron chi connectivity index (χ4n) is 0.562. The van der Waals surface area contributed by atoms with Crippen molar-refractivity contribution in [2.24, 2.45) is 0 Å². The Morgan fingerprint density at radius 1 is 0.882 bits per heavy atom. The smallest absolute Gasteiger partial charge is 0.404 e. The number of ether oxygens (including phenoxy) is 1. The topological polar surface area (TPSA) is 148 Å². The molecule has 0 aromatic rings. The van der Waals surface area contributed by atoms with E-state index >= 15 is 0 Å². The first-order valence-corrected chi connectivity index (χ1v) is 4.77. The van der Waals surface area contributed by atoms with Gasteiger partial charge in [0.15, 0.2) is 0 Å². The quantitative estimate of drug-likeness (QED) is 0.303. The lowest BCUT2D eigenvalue weighted by atomic mass is 10.6. The Morgan fingerprint density at radius 3 is 1.47 bits per heavy atom. The standard InChI is InChI=1S/C6H12N2O5.C2H6O2/c9-5(10)7-1-3-13-4-2-8-6(11)12;3-1-2-4/h7-8H,1-4H2,(H,9,10)(H,11,12);3-4H,1-2H2. The van der Waals surface area contributed by atoms with Crippen molar-refractivity contribution in [1.82, 2.24) is 10.6 Å². The summed E-state index contributed by atoms with van der Waals surface area (Å²) in [7, 11) is 0. The average Bonchev–Trinajstić information content (AvgIpc) is 2.27. The molecule has 9 heteroatoms. The van der Waals surface area contributed by atoms with Gasteiger partial charge in [-0.2, -0.15) is 0 Å². The third kappa shape index (κ3) is 25.1. The highest BCUT2D eigenvalue weighted by Crippen LogP contribution is 1.72. The number of hydrogen-bond donors (Lipinski definition) is 6. The molecule has 0 aromatic carbocycles. The van der Waals surface area contributed by atoms with Crippen molar-refractivity contribution in [2.75, 3.05) is 39.5 Å². The molecule has 0 spiro atoms. The highest BCUT2D eigenvalue weighted by atomic mass is 16.5. The summed E-state index contributed by atoms with van der Waals surface area (Å²) in [5.74, 6) is 0. The van der Waals surface area contributed by atoms with Crippen LogP contribution in [0.15, 0.2) is 0 Å². The van der Waals surface area contributed by atoms with E-state index in [0.717, 1.165) is 0 Å². The molecule has 0 fully saturated rings. The highest BCUT2D eigenvalue weighted by molar-refractivity contribution is 5.64. The number of aliphatic hydroxyl groups excluding tert-OH is 2. The molecular weight excluding hydrogens is 236 g/mol. The minimum atomic E-state index is -1.10. The van der Waals surface area contributed by atoms with E-state index in [4.69, 9.17) is 25.2 Å². The van der Waals surface area contributed by atoms with Crippen LogP contribution in [0.3, 0.4) is 0 Å². The van der Waals surface area contributed by atoms with E-state index in [1.807, 2.05) is 0 Å². The maximum absolute atomic E-state index is 9.92. The van der Waals surface area contributed by atoms with Gasteiger partial charge in [0.05, 0.1) is 26.4 Å². The van der Waals surface area contributed by atoms with Crippen molar-refractivity contribution < 1.29 is 34.8 Å². The largest absolute Gasteiger partial charge is 0.465 e. The molecule has 6 N–H and O–H groups in total. The number of hydrogen-bond acceptors (Lipinski definition) is 5. The number of carbonyl (C=O) groups is 2. The summed E-state index contributed by atoms with van der Waals surface area (Å²) in [6.07, 6.45) is -2.21. The number of nitrogens with one attached hydrogen (secondary N) is 2. The number of carboxylic acid groups (broad SMARTS) is 2. The predicted molar refractivity (Wildman–Crippen MR) is 57.0 cm³/mol. The fourth-order valence-corrected chi connectivity index (χ4v) is 0.562. The van der Waals surface area contributed by atoms with Crippen LogP contribution in [0, 0.1) is 0 Å². The monoisotopic (exact) mass is 254 g/mol. The van der Waals surface area contributed by atoms with E-state index in [2.05, 4.69) is 10.6 Å². The van der Waals surface area contributed by atoms with Gasteiger partial charge in [0.2, 0.25) is 0 Å². The van der Waals surface area contributed by atoms with Crippen LogP contribution in [0.2, 0.25) is 0 Å². The van der Waals surface area contributed by atoms with E-state index in [-0.39, 0.29) is 39.5 Å². The number of amides is 2. The lowest BCUT2D eigenvalue weighted by Gasteiger charge is -2.03. The second kappa shape index (κ2) is 14.4. The minimum absolute atomic E-state index is 0.125. The van der Waals surface area contributed by atoms with Crippen LogP contribution >= 0.6 is 0 Å². The molecule has 0 radical (unpaired) electrons. The van der Waals surface area contributed by atoms with Crippen molar-refractivity contribution in [3.63, 3.8) is 0 Å². The molecule has 17 heavy (non-hydrogen) atoms. The molecule has 2 amide bonds. The van der Waals surface area contributed by atoms with Crippen LogP contribution in [0.25, 0.3) is 0 Å². The number of aliphatic hydroxyl groups is 2. The fraction of sp³-hybridized carbons (Fsp3) is 0.750. The lowest BCUT2D eigenvalue weighted by molar-refractivity contribution is 0.131. The summed E-state index contributed by atoms with van der Waals surface area (Å²) < 4.78 is 4.88. The maximum Gasteiger partial charge on any atom is 0.404 e. The summed E-state index contributed by atoms with van der Waals surface area (Å²) in [5, 5.41) is 35.7. The summed E-state index contributed by atoms with van der Waals surface area (Å²) in [4.78, 5) is 19.8. The normalized spacial score (nSPS) is 8.82. The van der Waals surface area contributed by atoms with Gasteiger partial charge in [-0.15, -0.1) is 0 Å². The van der Waals surface area contributed by atoms with Gasteiger partial charge in [-0.1, -0.05) is 0 Å². The molecule has 0 aliphatic carbocycles. The molecule has 0 atom stereocenters. The Bertz CT molecular complexity index is 180. The molecular formula is C8H18N2O7. The molecule has 0 unspecified atom stereocenters. The Kier molecular flexibility index (Phi) is 15.1. The molecule has 0 aromatic heterocycles. The molecule has 9 nitrogen and oxygen atoms in total. The zero-order valence-electron chi connectivity index (χ0n) is 9.26. The van der Waals surface area contributed by atoms with Crippen molar-refractivity contribution in [3.8, 4) is 0 Å². The van der Waals surface area contributed by atoms with Gasteiger partial charge in [-0.25, -0.2) is 9.59 Å². The second-order valence-corrected chi connectivity index (χ2v) is 2.52. The Labute approximate surface area is 98.0 Å². The summed E-state index contributed by atoms with van der Waals surface area (Å²) >= 11 is 0. The van der Waals surface area contributed by atoms with Crippen LogP contribution in [0.5, 0.6) is 0 Å². The predicted octanol–water partition coefficient (Wildman–Crippen LogP) is -1.49. The maximum atomic E-state index is 9.92. The number of rotatable bonds is 7. The Hall–Kier alpha value is -1.58. The lowest BCUT2D eigenvalue weighted by Crippen LogP contribution is -2.28. The van der Waals surface area contributed by atoms with Gasteiger partial charge in [0.25, 0.3) is 0 Å².